The van der Waals surface area contributed by atoms with Crippen LogP contribution in [-0.4, -0.2) is 11.1 Å². The van der Waals surface area contributed by atoms with Crippen LogP contribution in [0, 0.1) is 17.8 Å². The van der Waals surface area contributed by atoms with Crippen molar-refractivity contribution < 1.29 is 9.90 Å². The first-order valence-corrected chi connectivity index (χ1v) is 7.39. The largest absolute Gasteiger partial charge is 0.481 e. The molecule has 3 unspecified atom stereocenters. The van der Waals surface area contributed by atoms with Gasteiger partial charge < -0.3 is 5.11 Å². The standard InChI is InChI=1S/C15H18Cl2O2/c1-9-2-4-13(15(18)19)10(6-9)7-11-8-12(16)3-5-14(11)17/h3,5,8-10,13H,2,4,6-7H2,1H3,(H,18,19). The van der Waals surface area contributed by atoms with Crippen molar-refractivity contribution in [2.45, 2.75) is 32.6 Å². The number of carbonyl (C=O) groups is 1. The highest BCUT2D eigenvalue weighted by molar-refractivity contribution is 6.33. The predicted molar refractivity (Wildman–Crippen MR) is 77.8 cm³/mol. The number of hydrogen-bond donors (Lipinski definition) is 1. The average Bonchev–Trinajstić information content (AvgIpc) is 2.33. The summed E-state index contributed by atoms with van der Waals surface area (Å²) in [5, 5.41) is 10.7. The summed E-state index contributed by atoms with van der Waals surface area (Å²) in [7, 11) is 0. The molecule has 1 aliphatic rings. The van der Waals surface area contributed by atoms with Gasteiger partial charge >= 0.3 is 5.97 Å². The Hall–Kier alpha value is -0.730. The van der Waals surface area contributed by atoms with Crippen molar-refractivity contribution in [1.82, 2.24) is 0 Å². The first kappa shape index (κ1) is 14.7. The summed E-state index contributed by atoms with van der Waals surface area (Å²) < 4.78 is 0. The maximum absolute atomic E-state index is 11.4. The maximum atomic E-state index is 11.4. The highest BCUT2D eigenvalue weighted by Crippen LogP contribution is 2.37. The molecule has 0 aliphatic heterocycles. The predicted octanol–water partition coefficient (Wildman–Crippen LogP) is 4.67. The number of halogens is 2. The quantitative estimate of drug-likeness (QED) is 0.880. The lowest BCUT2D eigenvalue weighted by Gasteiger charge is -2.32. The van der Waals surface area contributed by atoms with E-state index in [4.69, 9.17) is 23.2 Å². The fourth-order valence-corrected chi connectivity index (χ4v) is 3.42. The molecule has 0 spiro atoms. The van der Waals surface area contributed by atoms with Gasteiger partial charge in [-0.25, -0.2) is 0 Å². The minimum Gasteiger partial charge on any atom is -0.481 e. The van der Waals surface area contributed by atoms with Crippen LogP contribution in [0.5, 0.6) is 0 Å². The molecule has 0 heterocycles. The second kappa shape index (κ2) is 6.15. The zero-order chi connectivity index (χ0) is 14.0. The first-order chi connectivity index (χ1) is 8.97. The number of carboxylic acids is 1. The molecule has 104 valence electrons. The second-order valence-corrected chi connectivity index (χ2v) is 6.41. The second-order valence-electron chi connectivity index (χ2n) is 5.56. The molecule has 0 bridgehead atoms. The third kappa shape index (κ3) is 3.64. The SMILES string of the molecule is CC1CCC(C(=O)O)C(Cc2cc(Cl)ccc2Cl)C1. The van der Waals surface area contributed by atoms with Gasteiger partial charge in [0.1, 0.15) is 0 Å². The Balaban J connectivity index is 2.18. The van der Waals surface area contributed by atoms with Gasteiger partial charge in [0, 0.05) is 10.0 Å². The Morgan fingerprint density at radius 2 is 2.11 bits per heavy atom. The lowest BCUT2D eigenvalue weighted by molar-refractivity contribution is -0.145. The Bertz CT molecular complexity index is 473. The van der Waals surface area contributed by atoms with E-state index < -0.39 is 5.97 Å². The van der Waals surface area contributed by atoms with Crippen molar-refractivity contribution in [2.24, 2.45) is 17.8 Å². The molecule has 1 saturated carbocycles. The zero-order valence-electron chi connectivity index (χ0n) is 10.9. The van der Waals surface area contributed by atoms with E-state index >= 15 is 0 Å². The van der Waals surface area contributed by atoms with E-state index in [0.717, 1.165) is 24.8 Å². The fraction of sp³-hybridized carbons (Fsp3) is 0.533. The van der Waals surface area contributed by atoms with Gasteiger partial charge in [0.25, 0.3) is 0 Å². The molecule has 1 aromatic carbocycles. The molecule has 2 rings (SSSR count). The Kier molecular flexibility index (Phi) is 4.75. The van der Waals surface area contributed by atoms with Gasteiger partial charge in [-0.05, 0) is 61.3 Å². The minimum atomic E-state index is -0.685. The molecule has 1 aliphatic carbocycles. The summed E-state index contributed by atoms with van der Waals surface area (Å²) in [5.74, 6) is -0.211. The number of carboxylic acid groups (broad SMARTS) is 1. The number of benzene rings is 1. The monoisotopic (exact) mass is 300 g/mol. The third-order valence-corrected chi connectivity index (χ3v) is 4.66. The summed E-state index contributed by atoms with van der Waals surface area (Å²) in [4.78, 5) is 11.4. The molecule has 0 aromatic heterocycles. The maximum Gasteiger partial charge on any atom is 0.306 e. The van der Waals surface area contributed by atoms with Gasteiger partial charge in [-0.3, -0.25) is 4.79 Å². The molecule has 1 N–H and O–H groups in total. The molecule has 1 fully saturated rings. The number of rotatable bonds is 3. The highest BCUT2D eigenvalue weighted by atomic mass is 35.5. The highest BCUT2D eigenvalue weighted by Gasteiger charge is 2.33. The van der Waals surface area contributed by atoms with Crippen molar-refractivity contribution in [3.8, 4) is 0 Å². The van der Waals surface area contributed by atoms with Gasteiger partial charge in [0.2, 0.25) is 0 Å². The molecule has 0 saturated heterocycles. The van der Waals surface area contributed by atoms with E-state index in [1.54, 1.807) is 12.1 Å². The summed E-state index contributed by atoms with van der Waals surface area (Å²) in [6.07, 6.45) is 3.40. The van der Waals surface area contributed by atoms with Crippen LogP contribution in [-0.2, 0) is 11.2 Å². The van der Waals surface area contributed by atoms with Gasteiger partial charge in [0.15, 0.2) is 0 Å². The molecule has 4 heteroatoms. The Labute approximate surface area is 123 Å². The van der Waals surface area contributed by atoms with E-state index in [1.807, 2.05) is 6.07 Å². The van der Waals surface area contributed by atoms with Gasteiger partial charge in [-0.15, -0.1) is 0 Å². The summed E-state index contributed by atoms with van der Waals surface area (Å²) >= 11 is 12.2. The number of aliphatic carboxylic acids is 1. The summed E-state index contributed by atoms with van der Waals surface area (Å²) in [6, 6.07) is 5.38. The van der Waals surface area contributed by atoms with Crippen molar-refractivity contribution in [3.05, 3.63) is 33.8 Å². The average molecular weight is 301 g/mol. The molecule has 0 radical (unpaired) electrons. The van der Waals surface area contributed by atoms with Gasteiger partial charge in [-0.2, -0.15) is 0 Å². The van der Waals surface area contributed by atoms with E-state index in [1.165, 1.54) is 0 Å². The third-order valence-electron chi connectivity index (χ3n) is 4.05. The summed E-state index contributed by atoms with van der Waals surface area (Å²) in [6.45, 7) is 2.19. The molecule has 0 amide bonds. The Morgan fingerprint density at radius 3 is 2.79 bits per heavy atom. The van der Waals surface area contributed by atoms with Crippen LogP contribution < -0.4 is 0 Å². The van der Waals surface area contributed by atoms with Crippen LogP contribution in [0.15, 0.2) is 18.2 Å². The normalized spacial score (nSPS) is 27.2. The van der Waals surface area contributed by atoms with Gasteiger partial charge in [-0.1, -0.05) is 30.1 Å². The molecule has 19 heavy (non-hydrogen) atoms. The van der Waals surface area contributed by atoms with E-state index in [-0.39, 0.29) is 11.8 Å². The molecular formula is C15H18Cl2O2. The van der Waals surface area contributed by atoms with Crippen LogP contribution in [0.2, 0.25) is 10.0 Å². The lowest BCUT2D eigenvalue weighted by atomic mass is 9.72. The van der Waals surface area contributed by atoms with Crippen LogP contribution in [0.3, 0.4) is 0 Å². The molecule has 2 nitrogen and oxygen atoms in total. The lowest BCUT2D eigenvalue weighted by Crippen LogP contribution is -2.31. The van der Waals surface area contributed by atoms with E-state index in [2.05, 4.69) is 6.92 Å². The minimum absolute atomic E-state index is 0.150. The topological polar surface area (TPSA) is 37.3 Å². The zero-order valence-corrected chi connectivity index (χ0v) is 12.4. The van der Waals surface area contributed by atoms with Crippen molar-refractivity contribution >= 4 is 29.2 Å². The molecule has 1 aromatic rings. The first-order valence-electron chi connectivity index (χ1n) is 6.64. The van der Waals surface area contributed by atoms with Crippen LogP contribution >= 0.6 is 23.2 Å². The van der Waals surface area contributed by atoms with Gasteiger partial charge in [0.05, 0.1) is 5.92 Å². The summed E-state index contributed by atoms with van der Waals surface area (Å²) in [5.41, 5.74) is 0.958. The Morgan fingerprint density at radius 1 is 1.37 bits per heavy atom. The van der Waals surface area contributed by atoms with Crippen LogP contribution in [0.1, 0.15) is 31.7 Å². The van der Waals surface area contributed by atoms with Crippen LogP contribution in [0.4, 0.5) is 0 Å². The van der Waals surface area contributed by atoms with Crippen LogP contribution in [0.25, 0.3) is 0 Å². The van der Waals surface area contributed by atoms with Crippen molar-refractivity contribution in [2.75, 3.05) is 0 Å². The fourth-order valence-electron chi connectivity index (χ4n) is 3.03. The van der Waals surface area contributed by atoms with E-state index in [9.17, 15) is 9.90 Å². The molecule has 3 atom stereocenters. The smallest absolute Gasteiger partial charge is 0.306 e. The molecular weight excluding hydrogens is 283 g/mol. The van der Waals surface area contributed by atoms with E-state index in [0.29, 0.717) is 22.4 Å². The number of hydrogen-bond acceptors (Lipinski definition) is 1. The van der Waals surface area contributed by atoms with Crippen molar-refractivity contribution in [3.63, 3.8) is 0 Å². The van der Waals surface area contributed by atoms with Crippen molar-refractivity contribution in [1.29, 1.82) is 0 Å².